The first kappa shape index (κ1) is 16.5. The van der Waals surface area contributed by atoms with Crippen molar-refractivity contribution in [3.8, 4) is 0 Å². The van der Waals surface area contributed by atoms with Gasteiger partial charge in [-0.3, -0.25) is 0 Å². The number of hydrogen-bond donors (Lipinski definition) is 2. The molecule has 0 bridgehead atoms. The molecule has 1 aliphatic carbocycles. The third-order valence-electron chi connectivity index (χ3n) is 4.60. The van der Waals surface area contributed by atoms with Gasteiger partial charge in [-0.2, -0.15) is 0 Å². The van der Waals surface area contributed by atoms with Crippen molar-refractivity contribution in [3.63, 3.8) is 0 Å². The molecule has 1 aromatic rings. The van der Waals surface area contributed by atoms with Gasteiger partial charge >= 0.3 is 0 Å². The zero-order valence-electron chi connectivity index (χ0n) is 12.8. The van der Waals surface area contributed by atoms with Crippen molar-refractivity contribution in [2.45, 2.75) is 63.5 Å². The molecule has 2 unspecified atom stereocenters. The number of aliphatic hydroxyl groups is 1. The summed E-state index contributed by atoms with van der Waals surface area (Å²) in [7, 11) is -3.53. The van der Waals surface area contributed by atoms with Crippen molar-refractivity contribution in [2.75, 3.05) is 0 Å². The van der Waals surface area contributed by atoms with Gasteiger partial charge in [0.2, 0.25) is 10.0 Å². The maximum absolute atomic E-state index is 12.7. The number of hydrogen-bond acceptors (Lipinski definition) is 3. The lowest BCUT2D eigenvalue weighted by Crippen LogP contribution is -2.42. The van der Waals surface area contributed by atoms with Crippen molar-refractivity contribution in [3.05, 3.63) is 29.3 Å². The minimum absolute atomic E-state index is 0.0333. The molecule has 0 heterocycles. The summed E-state index contributed by atoms with van der Waals surface area (Å²) in [5.74, 6) is 0.426. The Hall–Kier alpha value is -0.910. The molecule has 0 spiro atoms. The van der Waals surface area contributed by atoms with Gasteiger partial charge in [0, 0.05) is 6.04 Å². The van der Waals surface area contributed by atoms with Crippen molar-refractivity contribution < 1.29 is 13.5 Å². The summed E-state index contributed by atoms with van der Waals surface area (Å²) >= 11 is 0. The molecule has 0 amide bonds. The summed E-state index contributed by atoms with van der Waals surface area (Å²) in [5, 5.41) is 9.29. The summed E-state index contributed by atoms with van der Waals surface area (Å²) in [5.41, 5.74) is 1.30. The van der Waals surface area contributed by atoms with Crippen LogP contribution in [0.4, 0.5) is 0 Å². The third-order valence-corrected chi connectivity index (χ3v) is 6.23. The Morgan fingerprint density at radius 1 is 1.29 bits per heavy atom. The Morgan fingerprint density at radius 2 is 2.00 bits per heavy atom. The van der Waals surface area contributed by atoms with E-state index >= 15 is 0 Å². The highest BCUT2D eigenvalue weighted by molar-refractivity contribution is 7.89. The van der Waals surface area contributed by atoms with Crippen LogP contribution in [-0.4, -0.2) is 19.6 Å². The van der Waals surface area contributed by atoms with Crippen LogP contribution in [0, 0.1) is 12.8 Å². The lowest BCUT2D eigenvalue weighted by molar-refractivity contribution is 0.280. The predicted octanol–water partition coefficient (Wildman–Crippen LogP) is 2.73. The molecular weight excluding hydrogens is 286 g/mol. The van der Waals surface area contributed by atoms with Crippen molar-refractivity contribution in [2.24, 2.45) is 5.92 Å². The zero-order valence-corrected chi connectivity index (χ0v) is 13.6. The molecular formula is C16H25NO3S. The highest BCUT2D eigenvalue weighted by Crippen LogP contribution is 2.28. The van der Waals surface area contributed by atoms with E-state index in [1.165, 1.54) is 6.42 Å². The molecule has 0 aromatic heterocycles. The molecule has 0 aliphatic heterocycles. The van der Waals surface area contributed by atoms with Crippen LogP contribution in [0.3, 0.4) is 0 Å². The maximum Gasteiger partial charge on any atom is 0.241 e. The summed E-state index contributed by atoms with van der Waals surface area (Å²) in [6.07, 6.45) is 5.29. The molecule has 1 saturated carbocycles. The van der Waals surface area contributed by atoms with Crippen LogP contribution in [0.25, 0.3) is 0 Å². The Kier molecular flexibility index (Phi) is 5.41. The quantitative estimate of drug-likeness (QED) is 0.878. The second-order valence-corrected chi connectivity index (χ2v) is 7.56. The first-order valence-corrected chi connectivity index (χ1v) is 9.19. The largest absolute Gasteiger partial charge is 0.392 e. The lowest BCUT2D eigenvalue weighted by Gasteiger charge is -2.31. The molecule has 0 radical (unpaired) electrons. The first-order valence-electron chi connectivity index (χ1n) is 7.71. The van der Waals surface area contributed by atoms with Crippen molar-refractivity contribution >= 4 is 10.0 Å². The summed E-state index contributed by atoms with van der Waals surface area (Å²) in [6.45, 7) is 3.73. The molecule has 2 atom stereocenters. The van der Waals surface area contributed by atoms with Crippen LogP contribution in [0.2, 0.25) is 0 Å². The lowest BCUT2D eigenvalue weighted by atomic mass is 9.83. The van der Waals surface area contributed by atoms with Crippen LogP contribution in [0.1, 0.15) is 50.2 Å². The molecule has 118 valence electrons. The van der Waals surface area contributed by atoms with Gasteiger partial charge in [-0.15, -0.1) is 0 Å². The van der Waals surface area contributed by atoms with Gasteiger partial charge in [0.05, 0.1) is 11.5 Å². The number of benzene rings is 1. The molecule has 5 heteroatoms. The average Bonchev–Trinajstić information content (AvgIpc) is 2.47. The van der Waals surface area contributed by atoms with Crippen LogP contribution < -0.4 is 4.72 Å². The maximum atomic E-state index is 12.7. The minimum Gasteiger partial charge on any atom is -0.392 e. The van der Waals surface area contributed by atoms with E-state index in [9.17, 15) is 13.5 Å². The van der Waals surface area contributed by atoms with Gasteiger partial charge in [0.15, 0.2) is 0 Å². The second kappa shape index (κ2) is 6.90. The Morgan fingerprint density at radius 3 is 2.67 bits per heavy atom. The smallest absolute Gasteiger partial charge is 0.241 e. The highest BCUT2D eigenvalue weighted by atomic mass is 32.2. The first-order chi connectivity index (χ1) is 9.99. The SMILES string of the molecule is CCC1CCCCC1NS(=O)(=O)c1cccc(CO)c1C. The van der Waals surface area contributed by atoms with Gasteiger partial charge in [-0.1, -0.05) is 38.3 Å². The Bertz CT molecular complexity index is 583. The van der Waals surface area contributed by atoms with Crippen LogP contribution >= 0.6 is 0 Å². The molecule has 4 nitrogen and oxygen atoms in total. The molecule has 1 fully saturated rings. The number of aliphatic hydroxyl groups excluding tert-OH is 1. The van der Waals surface area contributed by atoms with E-state index in [1.807, 2.05) is 0 Å². The van der Waals surface area contributed by atoms with E-state index in [1.54, 1.807) is 25.1 Å². The monoisotopic (exact) mass is 311 g/mol. The van der Waals surface area contributed by atoms with Crippen molar-refractivity contribution in [1.29, 1.82) is 0 Å². The molecule has 2 rings (SSSR count). The fourth-order valence-electron chi connectivity index (χ4n) is 3.24. The van der Waals surface area contributed by atoms with Gasteiger partial charge < -0.3 is 5.11 Å². The summed E-state index contributed by atoms with van der Waals surface area (Å²) < 4.78 is 28.2. The third kappa shape index (κ3) is 3.65. The van der Waals surface area contributed by atoms with E-state index in [-0.39, 0.29) is 17.5 Å². The summed E-state index contributed by atoms with van der Waals surface area (Å²) in [4.78, 5) is 0.287. The number of nitrogens with one attached hydrogen (secondary N) is 1. The Balaban J connectivity index is 2.26. The summed E-state index contributed by atoms with van der Waals surface area (Å²) in [6, 6.07) is 5.08. The van der Waals surface area contributed by atoms with E-state index in [0.29, 0.717) is 17.0 Å². The fourth-order valence-corrected chi connectivity index (χ4v) is 4.86. The molecule has 0 saturated heterocycles. The van der Waals surface area contributed by atoms with Gasteiger partial charge in [0.25, 0.3) is 0 Å². The topological polar surface area (TPSA) is 66.4 Å². The number of rotatable bonds is 5. The zero-order chi connectivity index (χ0) is 15.5. The van der Waals surface area contributed by atoms with Gasteiger partial charge in [-0.25, -0.2) is 13.1 Å². The second-order valence-electron chi connectivity index (χ2n) is 5.88. The van der Waals surface area contributed by atoms with E-state index < -0.39 is 10.0 Å². The van der Waals surface area contributed by atoms with Gasteiger partial charge in [0.1, 0.15) is 0 Å². The molecule has 21 heavy (non-hydrogen) atoms. The van der Waals surface area contributed by atoms with Crippen LogP contribution in [0.5, 0.6) is 0 Å². The normalized spacial score (nSPS) is 23.2. The highest BCUT2D eigenvalue weighted by Gasteiger charge is 2.29. The van der Waals surface area contributed by atoms with E-state index in [2.05, 4.69) is 11.6 Å². The molecule has 1 aliphatic rings. The van der Waals surface area contributed by atoms with Crippen molar-refractivity contribution in [1.82, 2.24) is 4.72 Å². The minimum atomic E-state index is -3.53. The number of sulfonamides is 1. The van der Waals surface area contributed by atoms with E-state index in [0.717, 1.165) is 25.7 Å². The van der Waals surface area contributed by atoms with Crippen LogP contribution in [-0.2, 0) is 16.6 Å². The molecule has 2 N–H and O–H groups in total. The van der Waals surface area contributed by atoms with Crippen LogP contribution in [0.15, 0.2) is 23.1 Å². The average molecular weight is 311 g/mol. The van der Waals surface area contributed by atoms with Gasteiger partial charge in [-0.05, 0) is 42.9 Å². The predicted molar refractivity (Wildman–Crippen MR) is 83.5 cm³/mol. The van der Waals surface area contributed by atoms with E-state index in [4.69, 9.17) is 0 Å². The Labute approximate surface area is 127 Å². The molecule has 1 aromatic carbocycles. The standard InChI is InChI=1S/C16H25NO3S/c1-3-13-7-4-5-9-15(13)17-21(19,20)16-10-6-8-14(11-18)12(16)2/h6,8,10,13,15,17-18H,3-5,7,9,11H2,1-2H3. The fraction of sp³-hybridized carbons (Fsp3) is 0.625.